The quantitative estimate of drug-likeness (QED) is 0.795. The van der Waals surface area contributed by atoms with E-state index in [2.05, 4.69) is 4.98 Å². The second kappa shape index (κ2) is 5.10. The van der Waals surface area contributed by atoms with Gasteiger partial charge in [0.25, 0.3) is 0 Å². The van der Waals surface area contributed by atoms with Gasteiger partial charge in [-0.25, -0.2) is 0 Å². The Morgan fingerprint density at radius 3 is 2.38 bits per heavy atom. The molecule has 1 rings (SSSR count). The van der Waals surface area contributed by atoms with Crippen LogP contribution in [0.4, 0.5) is 0 Å². The summed E-state index contributed by atoms with van der Waals surface area (Å²) in [5, 5.41) is 9.98. The van der Waals surface area contributed by atoms with Gasteiger partial charge in [0, 0.05) is 17.7 Å². The van der Waals surface area contributed by atoms with E-state index in [9.17, 15) is 9.90 Å². The molecule has 88 valence electrons. The Kier molecular flexibility index (Phi) is 4.05. The van der Waals surface area contributed by atoms with Crippen molar-refractivity contribution in [1.29, 1.82) is 0 Å². The van der Waals surface area contributed by atoms with Crippen LogP contribution in [0, 0.1) is 0 Å². The maximum Gasteiger partial charge on any atom is 0.140 e. The number of carbonyl (C=O) groups is 1. The third-order valence-corrected chi connectivity index (χ3v) is 2.56. The van der Waals surface area contributed by atoms with Crippen molar-refractivity contribution < 1.29 is 9.90 Å². The Morgan fingerprint density at radius 2 is 1.94 bits per heavy atom. The van der Waals surface area contributed by atoms with E-state index in [1.165, 1.54) is 0 Å². The van der Waals surface area contributed by atoms with Gasteiger partial charge in [0.2, 0.25) is 0 Å². The van der Waals surface area contributed by atoms with Gasteiger partial charge in [-0.2, -0.15) is 0 Å². The van der Waals surface area contributed by atoms with E-state index in [0.717, 1.165) is 12.0 Å². The molecule has 0 bridgehead atoms. The molecule has 1 heterocycles. The number of nitrogens with zero attached hydrogens (tertiary/aromatic N) is 1. The number of hydrogen-bond donors (Lipinski definition) is 1. The molecule has 3 nitrogen and oxygen atoms in total. The van der Waals surface area contributed by atoms with Crippen LogP contribution in [0.25, 0.3) is 0 Å². The van der Waals surface area contributed by atoms with Gasteiger partial charge in [-0.1, -0.05) is 27.7 Å². The number of hydrogen-bond acceptors (Lipinski definition) is 3. The first-order chi connectivity index (χ1) is 7.47. The maximum atomic E-state index is 10.6. The highest BCUT2D eigenvalue weighted by molar-refractivity contribution is 5.58. The number of aromatic nitrogens is 1. The van der Waals surface area contributed by atoms with Crippen LogP contribution in [0.15, 0.2) is 6.07 Å². The number of aldehydes is 1. The third kappa shape index (κ3) is 2.60. The Bertz CT molecular complexity index is 384. The average Bonchev–Trinajstić information content (AvgIpc) is 2.20. The third-order valence-electron chi connectivity index (χ3n) is 2.56. The van der Waals surface area contributed by atoms with Crippen LogP contribution < -0.4 is 0 Å². The van der Waals surface area contributed by atoms with E-state index < -0.39 is 0 Å². The van der Waals surface area contributed by atoms with E-state index in [-0.39, 0.29) is 18.1 Å². The van der Waals surface area contributed by atoms with Crippen molar-refractivity contribution >= 4 is 6.29 Å². The van der Waals surface area contributed by atoms with Crippen LogP contribution in [0.3, 0.4) is 0 Å². The average molecular weight is 221 g/mol. The summed E-state index contributed by atoms with van der Waals surface area (Å²) in [5.74, 6) is 0.624. The Hall–Kier alpha value is -1.38. The number of aromatic hydroxyl groups is 1. The minimum atomic E-state index is 0.157. The van der Waals surface area contributed by atoms with Gasteiger partial charge >= 0.3 is 0 Å². The first-order valence-corrected chi connectivity index (χ1v) is 5.63. The van der Waals surface area contributed by atoms with Crippen LogP contribution in [0.5, 0.6) is 5.75 Å². The molecule has 0 aliphatic carbocycles. The zero-order chi connectivity index (χ0) is 12.3. The lowest BCUT2D eigenvalue weighted by atomic mass is 10.00. The predicted molar refractivity (Wildman–Crippen MR) is 63.8 cm³/mol. The van der Waals surface area contributed by atoms with Gasteiger partial charge in [0.15, 0.2) is 0 Å². The molecular formula is C13H19NO2. The summed E-state index contributed by atoms with van der Waals surface area (Å²) in [6.45, 7) is 8.07. The highest BCUT2D eigenvalue weighted by Crippen LogP contribution is 2.30. The highest BCUT2D eigenvalue weighted by Gasteiger charge is 2.15. The molecule has 0 aromatic carbocycles. The Labute approximate surface area is 96.5 Å². The monoisotopic (exact) mass is 221 g/mol. The zero-order valence-electron chi connectivity index (χ0n) is 10.3. The van der Waals surface area contributed by atoms with Crippen molar-refractivity contribution in [1.82, 2.24) is 4.98 Å². The topological polar surface area (TPSA) is 50.2 Å². The van der Waals surface area contributed by atoms with Gasteiger partial charge in [-0.3, -0.25) is 4.98 Å². The summed E-state index contributed by atoms with van der Waals surface area (Å²) in [5.41, 5.74) is 2.29. The molecule has 1 aromatic heterocycles. The molecule has 0 aliphatic rings. The fourth-order valence-corrected chi connectivity index (χ4v) is 1.58. The maximum absolute atomic E-state index is 10.6. The first-order valence-electron chi connectivity index (χ1n) is 5.63. The summed E-state index contributed by atoms with van der Waals surface area (Å²) in [6.07, 6.45) is 1.05. The van der Waals surface area contributed by atoms with Crippen LogP contribution in [-0.4, -0.2) is 16.4 Å². The van der Waals surface area contributed by atoms with Crippen molar-refractivity contribution in [2.75, 3.05) is 0 Å². The minimum Gasteiger partial charge on any atom is -0.506 e. The fraction of sp³-hybridized carbons (Fsp3) is 0.538. The number of pyridine rings is 1. The number of rotatable bonds is 4. The van der Waals surface area contributed by atoms with E-state index in [0.29, 0.717) is 17.2 Å². The molecular weight excluding hydrogens is 202 g/mol. The molecule has 0 saturated heterocycles. The molecule has 0 atom stereocenters. The summed E-state index contributed by atoms with van der Waals surface area (Å²) in [7, 11) is 0. The molecule has 16 heavy (non-hydrogen) atoms. The van der Waals surface area contributed by atoms with Crippen molar-refractivity contribution in [3.05, 3.63) is 23.0 Å². The second-order valence-corrected chi connectivity index (χ2v) is 4.62. The lowest BCUT2D eigenvalue weighted by Crippen LogP contribution is -2.03. The molecule has 0 radical (unpaired) electrons. The van der Waals surface area contributed by atoms with E-state index in [4.69, 9.17) is 0 Å². The molecule has 1 aromatic rings. The van der Waals surface area contributed by atoms with Gasteiger partial charge in [0.1, 0.15) is 12.0 Å². The Balaban J connectivity index is 3.32. The normalized spacial score (nSPS) is 11.1. The standard InChI is InChI=1S/C13H19NO2/c1-8(2)11-7-10(5-6-15)13(16)12(14-11)9(3)4/h6-9,16H,5H2,1-4H3. The lowest BCUT2D eigenvalue weighted by molar-refractivity contribution is -0.107. The van der Waals surface area contributed by atoms with Crippen molar-refractivity contribution in [2.45, 2.75) is 46.0 Å². The van der Waals surface area contributed by atoms with Gasteiger partial charge < -0.3 is 9.90 Å². The Morgan fingerprint density at radius 1 is 1.31 bits per heavy atom. The van der Waals surface area contributed by atoms with Crippen LogP contribution in [0.2, 0.25) is 0 Å². The summed E-state index contributed by atoms with van der Waals surface area (Å²) in [4.78, 5) is 15.0. The molecule has 3 heteroatoms. The highest BCUT2D eigenvalue weighted by atomic mass is 16.3. The summed E-state index contributed by atoms with van der Waals surface area (Å²) >= 11 is 0. The second-order valence-electron chi connectivity index (χ2n) is 4.62. The summed E-state index contributed by atoms with van der Waals surface area (Å²) in [6, 6.07) is 1.82. The zero-order valence-corrected chi connectivity index (χ0v) is 10.3. The van der Waals surface area contributed by atoms with Crippen LogP contribution in [0.1, 0.15) is 56.5 Å². The minimum absolute atomic E-state index is 0.157. The van der Waals surface area contributed by atoms with Crippen molar-refractivity contribution in [3.63, 3.8) is 0 Å². The smallest absolute Gasteiger partial charge is 0.140 e. The molecule has 0 spiro atoms. The molecule has 0 amide bonds. The largest absolute Gasteiger partial charge is 0.506 e. The predicted octanol–water partition coefficient (Wildman–Crippen LogP) is 2.78. The van der Waals surface area contributed by atoms with Crippen LogP contribution in [-0.2, 0) is 11.2 Å². The van der Waals surface area contributed by atoms with Gasteiger partial charge in [-0.05, 0) is 17.9 Å². The van der Waals surface area contributed by atoms with E-state index >= 15 is 0 Å². The molecule has 1 N–H and O–H groups in total. The molecule has 0 unspecified atom stereocenters. The van der Waals surface area contributed by atoms with Crippen LogP contribution >= 0.6 is 0 Å². The molecule has 0 fully saturated rings. The number of carbonyl (C=O) groups excluding carboxylic acids is 1. The van der Waals surface area contributed by atoms with Gasteiger partial charge in [-0.15, -0.1) is 0 Å². The van der Waals surface area contributed by atoms with Gasteiger partial charge in [0.05, 0.1) is 5.69 Å². The lowest BCUT2D eigenvalue weighted by Gasteiger charge is -2.14. The van der Waals surface area contributed by atoms with Crippen molar-refractivity contribution in [3.8, 4) is 5.75 Å². The summed E-state index contributed by atoms with van der Waals surface area (Å²) < 4.78 is 0. The SMILES string of the molecule is CC(C)c1cc(CC=O)c(O)c(C(C)C)n1. The fourth-order valence-electron chi connectivity index (χ4n) is 1.58. The van der Waals surface area contributed by atoms with E-state index in [1.54, 1.807) is 0 Å². The molecule has 0 saturated carbocycles. The van der Waals surface area contributed by atoms with Crippen molar-refractivity contribution in [2.24, 2.45) is 0 Å². The molecule has 0 aliphatic heterocycles. The first kappa shape index (κ1) is 12.7. The van der Waals surface area contributed by atoms with E-state index in [1.807, 2.05) is 33.8 Å².